The first kappa shape index (κ1) is 23.9. The van der Waals surface area contributed by atoms with Gasteiger partial charge in [0, 0.05) is 49.4 Å². The molecule has 0 spiro atoms. The minimum Gasteiger partial charge on any atom is -0.353 e. The fourth-order valence-electron chi connectivity index (χ4n) is 5.20. The summed E-state index contributed by atoms with van der Waals surface area (Å²) in [6.07, 6.45) is 2.82. The lowest BCUT2D eigenvalue weighted by Gasteiger charge is -2.35. The number of likely N-dealkylation sites (tertiary alicyclic amines) is 2. The molecule has 0 saturated carbocycles. The van der Waals surface area contributed by atoms with Gasteiger partial charge in [0.15, 0.2) is 0 Å². The molecule has 2 aliphatic heterocycles. The van der Waals surface area contributed by atoms with E-state index >= 15 is 0 Å². The monoisotopic (exact) mass is 484 g/mol. The molecule has 7 nitrogen and oxygen atoms in total. The highest BCUT2D eigenvalue weighted by molar-refractivity contribution is 6.07. The number of para-hydroxylation sites is 1. The van der Waals surface area contributed by atoms with Crippen LogP contribution in [0.3, 0.4) is 0 Å². The second-order valence-corrected chi connectivity index (χ2v) is 9.66. The predicted molar refractivity (Wildman–Crippen MR) is 141 cm³/mol. The highest BCUT2D eigenvalue weighted by Gasteiger charge is 2.31. The highest BCUT2D eigenvalue weighted by Crippen LogP contribution is 2.24. The molecule has 7 heteroatoms. The number of rotatable bonds is 4. The summed E-state index contributed by atoms with van der Waals surface area (Å²) in [5, 5.41) is 8.14. The largest absolute Gasteiger partial charge is 0.353 e. The van der Waals surface area contributed by atoms with E-state index in [9.17, 15) is 14.4 Å². The molecule has 2 saturated heterocycles. The van der Waals surface area contributed by atoms with Crippen molar-refractivity contribution in [1.29, 1.82) is 0 Å². The molecule has 2 N–H and O–H groups in total. The van der Waals surface area contributed by atoms with Crippen molar-refractivity contribution in [3.63, 3.8) is 0 Å². The third-order valence-corrected chi connectivity index (χ3v) is 7.33. The molecular formula is C29H32N4O3. The van der Waals surface area contributed by atoms with Crippen LogP contribution in [0.15, 0.2) is 72.8 Å². The van der Waals surface area contributed by atoms with Crippen molar-refractivity contribution in [3.8, 4) is 0 Å². The number of nitrogens with one attached hydrogen (secondary N) is 2. The second kappa shape index (κ2) is 10.8. The average molecular weight is 485 g/mol. The summed E-state index contributed by atoms with van der Waals surface area (Å²) in [4.78, 5) is 42.3. The maximum atomic E-state index is 13.2. The van der Waals surface area contributed by atoms with Crippen molar-refractivity contribution < 1.29 is 14.4 Å². The van der Waals surface area contributed by atoms with Crippen LogP contribution in [-0.2, 0) is 4.79 Å². The van der Waals surface area contributed by atoms with Crippen LogP contribution in [0.4, 0.5) is 10.5 Å². The SMILES string of the molecule is O=C(NC1CCN(C(=O)Nc2ccccc2)CC1)C1CCN(C(=O)c2cccc3ccccc23)CC1. The van der Waals surface area contributed by atoms with Crippen molar-refractivity contribution in [2.45, 2.75) is 31.7 Å². The zero-order chi connectivity index (χ0) is 24.9. The predicted octanol–water partition coefficient (Wildman–Crippen LogP) is 4.50. The van der Waals surface area contributed by atoms with Gasteiger partial charge in [-0.2, -0.15) is 0 Å². The Bertz CT molecular complexity index is 1220. The summed E-state index contributed by atoms with van der Waals surface area (Å²) in [6.45, 7) is 2.39. The number of urea groups is 1. The van der Waals surface area contributed by atoms with Gasteiger partial charge in [0.05, 0.1) is 0 Å². The van der Waals surface area contributed by atoms with E-state index in [1.165, 1.54) is 0 Å². The van der Waals surface area contributed by atoms with E-state index in [0.717, 1.165) is 34.9 Å². The van der Waals surface area contributed by atoms with E-state index in [0.29, 0.717) is 39.0 Å². The Balaban J connectivity index is 1.08. The third-order valence-electron chi connectivity index (χ3n) is 7.33. The number of amides is 4. The number of nitrogens with zero attached hydrogens (tertiary/aromatic N) is 2. The van der Waals surface area contributed by atoms with Crippen LogP contribution in [0.1, 0.15) is 36.0 Å². The van der Waals surface area contributed by atoms with E-state index in [2.05, 4.69) is 10.6 Å². The summed E-state index contributed by atoms with van der Waals surface area (Å²) < 4.78 is 0. The Hall–Kier alpha value is -3.87. The Kier molecular flexibility index (Phi) is 7.16. The molecule has 5 rings (SSSR count). The van der Waals surface area contributed by atoms with E-state index in [-0.39, 0.29) is 29.8 Å². The van der Waals surface area contributed by atoms with Crippen molar-refractivity contribution in [3.05, 3.63) is 78.4 Å². The molecule has 0 aliphatic carbocycles. The van der Waals surface area contributed by atoms with Crippen LogP contribution in [0.5, 0.6) is 0 Å². The summed E-state index contributed by atoms with van der Waals surface area (Å²) in [6, 6.07) is 23.2. The Morgan fingerprint density at radius 3 is 2.08 bits per heavy atom. The highest BCUT2D eigenvalue weighted by atomic mass is 16.2. The molecule has 0 radical (unpaired) electrons. The average Bonchev–Trinajstić information content (AvgIpc) is 2.93. The van der Waals surface area contributed by atoms with Gasteiger partial charge in [-0.3, -0.25) is 9.59 Å². The molecule has 2 fully saturated rings. The smallest absolute Gasteiger partial charge is 0.321 e. The Morgan fingerprint density at radius 2 is 1.33 bits per heavy atom. The lowest BCUT2D eigenvalue weighted by atomic mass is 9.94. The number of hydrogen-bond donors (Lipinski definition) is 2. The van der Waals surface area contributed by atoms with Gasteiger partial charge in [0.1, 0.15) is 0 Å². The van der Waals surface area contributed by atoms with E-state index in [1.54, 1.807) is 4.90 Å². The molecule has 3 aromatic rings. The maximum absolute atomic E-state index is 13.2. The quantitative estimate of drug-likeness (QED) is 0.572. The van der Waals surface area contributed by atoms with Crippen LogP contribution in [0, 0.1) is 5.92 Å². The zero-order valence-corrected chi connectivity index (χ0v) is 20.4. The van der Waals surface area contributed by atoms with Gasteiger partial charge < -0.3 is 20.4 Å². The van der Waals surface area contributed by atoms with Crippen LogP contribution in [0.2, 0.25) is 0 Å². The molecule has 36 heavy (non-hydrogen) atoms. The molecule has 2 heterocycles. The first-order valence-corrected chi connectivity index (χ1v) is 12.8. The van der Waals surface area contributed by atoms with Crippen LogP contribution >= 0.6 is 0 Å². The van der Waals surface area contributed by atoms with Gasteiger partial charge in [-0.25, -0.2) is 4.79 Å². The Morgan fingerprint density at radius 1 is 0.694 bits per heavy atom. The number of hydrogen-bond acceptors (Lipinski definition) is 3. The second-order valence-electron chi connectivity index (χ2n) is 9.66. The standard InChI is InChI=1S/C29H32N4O3/c34-27(30-24-15-19-33(20-16-24)29(36)31-23-9-2-1-3-10-23)22-13-17-32(18-14-22)28(35)26-12-6-8-21-7-4-5-11-25(21)26/h1-12,22,24H,13-20H2,(H,30,34)(H,31,36). The van der Waals surface area contributed by atoms with Crippen molar-refractivity contribution in [1.82, 2.24) is 15.1 Å². The Labute approximate surface area is 211 Å². The fourth-order valence-corrected chi connectivity index (χ4v) is 5.20. The normalized spacial score (nSPS) is 17.1. The van der Waals surface area contributed by atoms with Crippen LogP contribution in [0.25, 0.3) is 10.8 Å². The summed E-state index contributed by atoms with van der Waals surface area (Å²) >= 11 is 0. The van der Waals surface area contributed by atoms with Crippen molar-refractivity contribution >= 4 is 34.3 Å². The molecule has 0 atom stereocenters. The number of carbonyl (C=O) groups excluding carboxylic acids is 3. The zero-order valence-electron chi connectivity index (χ0n) is 20.4. The molecular weight excluding hydrogens is 452 g/mol. The molecule has 0 aromatic heterocycles. The van der Waals surface area contributed by atoms with Crippen molar-refractivity contribution in [2.75, 3.05) is 31.5 Å². The number of piperidine rings is 2. The van der Waals surface area contributed by atoms with Gasteiger partial charge in [0.2, 0.25) is 5.91 Å². The number of fused-ring (bicyclic) bond motifs is 1. The van der Waals surface area contributed by atoms with Gasteiger partial charge in [0.25, 0.3) is 5.91 Å². The van der Waals surface area contributed by atoms with E-state index in [1.807, 2.05) is 77.7 Å². The van der Waals surface area contributed by atoms with Crippen LogP contribution < -0.4 is 10.6 Å². The number of carbonyl (C=O) groups is 3. The van der Waals surface area contributed by atoms with Gasteiger partial charge >= 0.3 is 6.03 Å². The van der Waals surface area contributed by atoms with E-state index < -0.39 is 0 Å². The lowest BCUT2D eigenvalue weighted by Crippen LogP contribution is -2.50. The molecule has 3 aromatic carbocycles. The van der Waals surface area contributed by atoms with Crippen LogP contribution in [-0.4, -0.2) is 59.9 Å². The summed E-state index contributed by atoms with van der Waals surface area (Å²) in [5.41, 5.74) is 1.50. The molecule has 0 bridgehead atoms. The number of anilines is 1. The van der Waals surface area contributed by atoms with Gasteiger partial charge in [-0.15, -0.1) is 0 Å². The number of benzene rings is 3. The summed E-state index contributed by atoms with van der Waals surface area (Å²) in [5.74, 6) is 0.0206. The first-order valence-electron chi connectivity index (χ1n) is 12.8. The molecule has 186 valence electrons. The molecule has 2 aliphatic rings. The van der Waals surface area contributed by atoms with Crippen molar-refractivity contribution in [2.24, 2.45) is 5.92 Å². The molecule has 4 amide bonds. The topological polar surface area (TPSA) is 81.8 Å². The van der Waals surface area contributed by atoms with Gasteiger partial charge in [-0.1, -0.05) is 54.6 Å². The summed E-state index contributed by atoms with van der Waals surface area (Å²) in [7, 11) is 0. The fraction of sp³-hybridized carbons (Fsp3) is 0.345. The third kappa shape index (κ3) is 5.35. The first-order chi connectivity index (χ1) is 17.6. The minimum absolute atomic E-state index is 0.0341. The maximum Gasteiger partial charge on any atom is 0.321 e. The molecule has 0 unspecified atom stereocenters. The van der Waals surface area contributed by atoms with E-state index in [4.69, 9.17) is 0 Å². The lowest BCUT2D eigenvalue weighted by molar-refractivity contribution is -0.127. The van der Waals surface area contributed by atoms with Gasteiger partial charge in [-0.05, 0) is 54.7 Å². The minimum atomic E-state index is -0.103.